The molecular formula is C24H28N8O2S. The number of aromatic amines is 1. The van der Waals surface area contributed by atoms with Crippen LogP contribution in [0.5, 0.6) is 6.01 Å². The van der Waals surface area contributed by atoms with Gasteiger partial charge in [0.05, 0.1) is 31.7 Å². The van der Waals surface area contributed by atoms with Gasteiger partial charge in [-0.3, -0.25) is 4.90 Å². The molecule has 0 bridgehead atoms. The molecule has 11 heteroatoms. The molecule has 0 atom stereocenters. The molecule has 0 amide bonds. The number of imidazole rings is 1. The van der Waals surface area contributed by atoms with Gasteiger partial charge in [-0.05, 0) is 31.2 Å². The normalized spacial score (nSPS) is 22.2. The summed E-state index contributed by atoms with van der Waals surface area (Å²) in [5.41, 5.74) is 9.60. The number of thiophene rings is 1. The van der Waals surface area contributed by atoms with E-state index in [-0.39, 0.29) is 10.8 Å². The number of anilines is 2. The van der Waals surface area contributed by atoms with Crippen LogP contribution in [0.25, 0.3) is 11.2 Å². The van der Waals surface area contributed by atoms with Gasteiger partial charge in [0.1, 0.15) is 16.6 Å². The van der Waals surface area contributed by atoms with Gasteiger partial charge < -0.3 is 25.1 Å². The zero-order valence-electron chi connectivity index (χ0n) is 19.5. The van der Waals surface area contributed by atoms with Gasteiger partial charge in [0.2, 0.25) is 0 Å². The molecule has 3 fully saturated rings. The first-order valence-corrected chi connectivity index (χ1v) is 13.1. The molecule has 10 nitrogen and oxygen atoms in total. The maximum atomic E-state index is 9.69. The Hall–Kier alpha value is -2.94. The molecule has 3 aromatic rings. The number of nitrogen functional groups attached to an aromatic ring is 1. The summed E-state index contributed by atoms with van der Waals surface area (Å²) in [6, 6.07) is 2.74. The molecule has 1 spiro atoms. The standard InChI is InChI=1S/C24H28N8O2S/c25-9-15-17-16(35-19(15)26)1-2-24(17)11-32(12-24)21-18-20(28-14-27-18)29-22(30-21)34-13-23(3-4-23)10-31-5-7-33-8-6-31/h14H,1-8,10-13,26H2,(H,27,28,29,30). The second-order valence-corrected chi connectivity index (χ2v) is 11.6. The Balaban J connectivity index is 1.10. The molecule has 2 saturated heterocycles. The van der Waals surface area contributed by atoms with Crippen molar-refractivity contribution in [2.24, 2.45) is 5.41 Å². The van der Waals surface area contributed by atoms with E-state index in [2.05, 4.69) is 30.8 Å². The van der Waals surface area contributed by atoms with E-state index in [4.69, 9.17) is 20.2 Å². The van der Waals surface area contributed by atoms with Crippen molar-refractivity contribution in [2.75, 3.05) is 63.2 Å². The SMILES string of the molecule is N#Cc1c(N)sc2c1C1(CC2)CN(c2nc(OCC3(CN4CCOCC4)CC3)nc3nc[nH]c23)C1. The maximum Gasteiger partial charge on any atom is 0.320 e. The van der Waals surface area contributed by atoms with Gasteiger partial charge in [0.25, 0.3) is 0 Å². The number of nitrogens with zero attached hydrogens (tertiary/aromatic N) is 6. The Morgan fingerprint density at radius 2 is 2.06 bits per heavy atom. The van der Waals surface area contributed by atoms with E-state index in [0.717, 1.165) is 70.1 Å². The lowest BCUT2D eigenvalue weighted by atomic mass is 9.74. The lowest BCUT2D eigenvalue weighted by Gasteiger charge is -2.49. The smallest absolute Gasteiger partial charge is 0.320 e. The topological polar surface area (TPSA) is 129 Å². The second kappa shape index (κ2) is 7.78. The number of aromatic nitrogens is 4. The summed E-state index contributed by atoms with van der Waals surface area (Å²) in [5.74, 6) is 0.821. The van der Waals surface area contributed by atoms with Crippen LogP contribution >= 0.6 is 11.3 Å². The minimum atomic E-state index is -0.0247. The van der Waals surface area contributed by atoms with Gasteiger partial charge in [-0.25, -0.2) is 4.98 Å². The molecule has 0 radical (unpaired) electrons. The van der Waals surface area contributed by atoms with Crippen LogP contribution in [0.1, 0.15) is 35.3 Å². The lowest BCUT2D eigenvalue weighted by molar-refractivity contribution is 0.0231. The fraction of sp³-hybridized carbons (Fsp3) is 0.583. The van der Waals surface area contributed by atoms with E-state index in [0.29, 0.717) is 28.8 Å². The third kappa shape index (κ3) is 3.46. The number of hydrogen-bond donors (Lipinski definition) is 2. The first kappa shape index (κ1) is 21.4. The molecule has 182 valence electrons. The minimum Gasteiger partial charge on any atom is -0.463 e. The van der Waals surface area contributed by atoms with Crippen LogP contribution in [0.3, 0.4) is 0 Å². The lowest BCUT2D eigenvalue weighted by Crippen LogP contribution is -2.59. The summed E-state index contributed by atoms with van der Waals surface area (Å²) < 4.78 is 11.7. The van der Waals surface area contributed by atoms with E-state index in [9.17, 15) is 5.26 Å². The summed E-state index contributed by atoms with van der Waals surface area (Å²) >= 11 is 1.57. The monoisotopic (exact) mass is 492 g/mol. The zero-order chi connectivity index (χ0) is 23.6. The molecule has 2 aliphatic carbocycles. The number of nitrogens with two attached hydrogens (primary N) is 1. The first-order chi connectivity index (χ1) is 17.1. The summed E-state index contributed by atoms with van der Waals surface area (Å²) in [5, 5.41) is 10.3. The highest BCUT2D eigenvalue weighted by Crippen LogP contribution is 2.53. The Bertz CT molecular complexity index is 1330. The quantitative estimate of drug-likeness (QED) is 0.531. The fourth-order valence-corrected chi connectivity index (χ4v) is 7.18. The van der Waals surface area contributed by atoms with Gasteiger partial charge >= 0.3 is 6.01 Å². The summed E-state index contributed by atoms with van der Waals surface area (Å²) in [6.07, 6.45) is 6.03. The van der Waals surface area contributed by atoms with E-state index >= 15 is 0 Å². The van der Waals surface area contributed by atoms with Crippen molar-refractivity contribution >= 4 is 33.3 Å². The van der Waals surface area contributed by atoms with Crippen LogP contribution in [0.4, 0.5) is 10.8 Å². The number of fused-ring (bicyclic) bond motifs is 3. The van der Waals surface area contributed by atoms with Crippen LogP contribution in [-0.2, 0) is 16.6 Å². The van der Waals surface area contributed by atoms with Crippen molar-refractivity contribution in [3.05, 3.63) is 22.3 Å². The Labute approximate surface area is 207 Å². The van der Waals surface area contributed by atoms with Gasteiger partial charge in [0.15, 0.2) is 11.5 Å². The summed E-state index contributed by atoms with van der Waals surface area (Å²) in [6.45, 7) is 6.86. The van der Waals surface area contributed by atoms with Crippen molar-refractivity contribution in [2.45, 2.75) is 31.1 Å². The number of nitrogens with one attached hydrogen (secondary N) is 1. The number of morpholine rings is 1. The van der Waals surface area contributed by atoms with Gasteiger partial charge in [-0.15, -0.1) is 11.3 Å². The molecule has 35 heavy (non-hydrogen) atoms. The highest BCUT2D eigenvalue weighted by Gasteiger charge is 2.52. The number of H-pyrrole nitrogens is 1. The van der Waals surface area contributed by atoms with E-state index in [1.807, 2.05) is 0 Å². The van der Waals surface area contributed by atoms with Gasteiger partial charge in [-0.1, -0.05) is 0 Å². The zero-order valence-corrected chi connectivity index (χ0v) is 20.4. The van der Waals surface area contributed by atoms with Crippen molar-refractivity contribution in [1.29, 1.82) is 5.26 Å². The van der Waals surface area contributed by atoms with E-state index in [1.165, 1.54) is 23.3 Å². The predicted octanol–water partition coefficient (Wildman–Crippen LogP) is 2.06. The maximum absolute atomic E-state index is 9.69. The molecule has 3 aromatic heterocycles. The average Bonchev–Trinajstić information content (AvgIpc) is 3.16. The Morgan fingerprint density at radius 3 is 2.83 bits per heavy atom. The number of aryl methyl sites for hydroxylation is 1. The molecule has 0 unspecified atom stereocenters. The molecule has 5 heterocycles. The average molecular weight is 493 g/mol. The van der Waals surface area contributed by atoms with Crippen LogP contribution in [-0.4, -0.2) is 77.4 Å². The van der Waals surface area contributed by atoms with Crippen LogP contribution in [0.2, 0.25) is 0 Å². The number of hydrogen-bond acceptors (Lipinski definition) is 10. The van der Waals surface area contributed by atoms with E-state index in [1.54, 1.807) is 17.7 Å². The third-order valence-corrected chi connectivity index (χ3v) is 9.22. The van der Waals surface area contributed by atoms with Crippen molar-refractivity contribution in [3.8, 4) is 12.1 Å². The van der Waals surface area contributed by atoms with Crippen LogP contribution in [0, 0.1) is 16.7 Å². The number of rotatable bonds is 6. The number of nitriles is 1. The molecule has 0 aromatic carbocycles. The van der Waals surface area contributed by atoms with Crippen LogP contribution < -0.4 is 15.4 Å². The number of ether oxygens (including phenoxy) is 2. The van der Waals surface area contributed by atoms with Gasteiger partial charge in [0, 0.05) is 48.4 Å². The molecule has 3 N–H and O–H groups in total. The van der Waals surface area contributed by atoms with Crippen molar-refractivity contribution in [3.63, 3.8) is 0 Å². The Morgan fingerprint density at radius 1 is 1.23 bits per heavy atom. The molecular weight excluding hydrogens is 464 g/mol. The summed E-state index contributed by atoms with van der Waals surface area (Å²) in [7, 11) is 0. The van der Waals surface area contributed by atoms with Crippen LogP contribution in [0.15, 0.2) is 6.33 Å². The molecule has 7 rings (SSSR count). The predicted molar refractivity (Wildman–Crippen MR) is 132 cm³/mol. The first-order valence-electron chi connectivity index (χ1n) is 12.3. The Kier molecular flexibility index (Phi) is 4.75. The highest BCUT2D eigenvalue weighted by atomic mass is 32.1. The fourth-order valence-electron chi connectivity index (χ4n) is 6.04. The van der Waals surface area contributed by atoms with Crippen molar-refractivity contribution < 1.29 is 9.47 Å². The van der Waals surface area contributed by atoms with Gasteiger partial charge in [-0.2, -0.15) is 15.2 Å². The highest BCUT2D eigenvalue weighted by molar-refractivity contribution is 7.16. The molecule has 1 saturated carbocycles. The molecule has 4 aliphatic rings. The second-order valence-electron chi connectivity index (χ2n) is 10.5. The summed E-state index contributed by atoms with van der Waals surface area (Å²) in [4.78, 5) is 23.0. The minimum absolute atomic E-state index is 0.0247. The largest absolute Gasteiger partial charge is 0.463 e. The molecule has 2 aliphatic heterocycles. The van der Waals surface area contributed by atoms with Crippen molar-refractivity contribution in [1.82, 2.24) is 24.8 Å². The van der Waals surface area contributed by atoms with E-state index < -0.39 is 0 Å². The third-order valence-electron chi connectivity index (χ3n) is 8.14.